The minimum Gasteiger partial charge on any atom is -0.480 e. The summed E-state index contributed by atoms with van der Waals surface area (Å²) in [7, 11) is 0. The number of aromatic nitrogens is 2. The van der Waals surface area contributed by atoms with Gasteiger partial charge in [-0.1, -0.05) is 0 Å². The molecule has 0 saturated heterocycles. The molecule has 4 fully saturated rings. The van der Waals surface area contributed by atoms with Gasteiger partial charge in [-0.25, -0.2) is 0 Å². The molecule has 4 aliphatic rings. The van der Waals surface area contributed by atoms with Crippen molar-refractivity contribution < 1.29 is 9.90 Å². The summed E-state index contributed by atoms with van der Waals surface area (Å²) in [5.74, 6) is 2.10. The van der Waals surface area contributed by atoms with Gasteiger partial charge in [-0.05, 0) is 56.3 Å². The van der Waals surface area contributed by atoms with Gasteiger partial charge < -0.3 is 10.8 Å². The van der Waals surface area contributed by atoms with Crippen LogP contribution in [0.2, 0.25) is 0 Å². The van der Waals surface area contributed by atoms with Crippen molar-refractivity contribution in [3.8, 4) is 0 Å². The van der Waals surface area contributed by atoms with Gasteiger partial charge in [0.15, 0.2) is 0 Å². The second-order valence-corrected chi connectivity index (χ2v) is 7.20. The monoisotopic (exact) mass is 275 g/mol. The van der Waals surface area contributed by atoms with E-state index < -0.39 is 5.97 Å². The zero-order chi connectivity index (χ0) is 13.9. The predicted molar refractivity (Wildman–Crippen MR) is 74.1 cm³/mol. The van der Waals surface area contributed by atoms with Gasteiger partial charge in [0.1, 0.15) is 12.4 Å². The average molecular weight is 275 g/mol. The lowest BCUT2D eigenvalue weighted by Gasteiger charge is -2.56. The first-order valence-electron chi connectivity index (χ1n) is 7.60. The molecule has 0 spiro atoms. The molecule has 5 heteroatoms. The van der Waals surface area contributed by atoms with E-state index in [1.807, 2.05) is 6.07 Å². The molecular weight excluding hydrogens is 254 g/mol. The van der Waals surface area contributed by atoms with Crippen molar-refractivity contribution in [1.29, 1.82) is 0 Å². The Labute approximate surface area is 118 Å². The van der Waals surface area contributed by atoms with E-state index >= 15 is 0 Å². The molecule has 0 aliphatic heterocycles. The molecule has 4 aliphatic carbocycles. The first-order valence-corrected chi connectivity index (χ1v) is 7.60. The van der Waals surface area contributed by atoms with Crippen molar-refractivity contribution in [3.63, 3.8) is 0 Å². The zero-order valence-electron chi connectivity index (χ0n) is 11.6. The lowest BCUT2D eigenvalue weighted by Crippen LogP contribution is -2.49. The fourth-order valence-electron chi connectivity index (χ4n) is 5.54. The molecule has 5 rings (SSSR count). The van der Waals surface area contributed by atoms with Crippen LogP contribution in [0.1, 0.15) is 44.2 Å². The maximum absolute atomic E-state index is 11.1. The number of nitrogen functional groups attached to an aromatic ring is 1. The van der Waals surface area contributed by atoms with Gasteiger partial charge >= 0.3 is 5.97 Å². The minimum atomic E-state index is -0.848. The van der Waals surface area contributed by atoms with E-state index in [9.17, 15) is 4.79 Å². The number of carboxylic acids is 1. The van der Waals surface area contributed by atoms with Gasteiger partial charge in [-0.2, -0.15) is 5.10 Å². The second-order valence-electron chi connectivity index (χ2n) is 7.20. The van der Waals surface area contributed by atoms with E-state index in [1.165, 1.54) is 38.5 Å². The molecule has 1 heterocycles. The highest BCUT2D eigenvalue weighted by molar-refractivity contribution is 5.66. The summed E-state index contributed by atoms with van der Waals surface area (Å²) in [5.41, 5.74) is 7.08. The quantitative estimate of drug-likeness (QED) is 0.884. The summed E-state index contributed by atoms with van der Waals surface area (Å²) in [6.45, 7) is -0.0751. The van der Waals surface area contributed by atoms with Gasteiger partial charge in [0, 0.05) is 17.2 Å². The largest absolute Gasteiger partial charge is 0.480 e. The highest BCUT2D eigenvalue weighted by Crippen LogP contribution is 2.60. The number of nitrogens with two attached hydrogens (primary N) is 1. The lowest BCUT2D eigenvalue weighted by molar-refractivity contribution is -0.138. The van der Waals surface area contributed by atoms with Crippen LogP contribution < -0.4 is 5.73 Å². The van der Waals surface area contributed by atoms with Crippen LogP contribution in [0.4, 0.5) is 5.82 Å². The minimum absolute atomic E-state index is 0.0751. The summed E-state index contributed by atoms with van der Waals surface area (Å²) in [6, 6.07) is 1.93. The third-order valence-corrected chi connectivity index (χ3v) is 5.67. The molecule has 0 radical (unpaired) electrons. The van der Waals surface area contributed by atoms with Crippen molar-refractivity contribution in [1.82, 2.24) is 9.78 Å². The number of hydrogen-bond donors (Lipinski definition) is 2. The Morgan fingerprint density at radius 1 is 1.30 bits per heavy atom. The maximum Gasteiger partial charge on any atom is 0.325 e. The predicted octanol–water partition coefficient (Wildman–Crippen LogP) is 2.02. The molecule has 0 amide bonds. The van der Waals surface area contributed by atoms with Crippen molar-refractivity contribution in [3.05, 3.63) is 11.8 Å². The van der Waals surface area contributed by atoms with Crippen molar-refractivity contribution in [2.24, 2.45) is 17.8 Å². The van der Waals surface area contributed by atoms with Gasteiger partial charge in [0.25, 0.3) is 0 Å². The number of rotatable bonds is 3. The molecular formula is C15H21N3O2. The van der Waals surface area contributed by atoms with E-state index in [2.05, 4.69) is 5.10 Å². The summed E-state index contributed by atoms with van der Waals surface area (Å²) in [5, 5.41) is 13.3. The molecule has 4 saturated carbocycles. The normalized spacial score (nSPS) is 38.3. The van der Waals surface area contributed by atoms with Crippen LogP contribution in [0.25, 0.3) is 0 Å². The molecule has 0 atom stereocenters. The molecule has 20 heavy (non-hydrogen) atoms. The maximum atomic E-state index is 11.1. The average Bonchev–Trinajstić information content (AvgIpc) is 2.68. The van der Waals surface area contributed by atoms with Crippen LogP contribution in [0.5, 0.6) is 0 Å². The lowest BCUT2D eigenvalue weighted by atomic mass is 9.49. The Morgan fingerprint density at radius 2 is 1.85 bits per heavy atom. The third kappa shape index (κ3) is 1.75. The molecule has 3 N–H and O–H groups in total. The Hall–Kier alpha value is -1.52. The first kappa shape index (κ1) is 12.2. The van der Waals surface area contributed by atoms with Crippen LogP contribution in [0.3, 0.4) is 0 Å². The van der Waals surface area contributed by atoms with E-state index in [0.717, 1.165) is 23.4 Å². The summed E-state index contributed by atoms with van der Waals surface area (Å²) in [4.78, 5) is 11.1. The summed E-state index contributed by atoms with van der Waals surface area (Å²) in [6.07, 6.45) is 7.72. The highest BCUT2D eigenvalue weighted by Gasteiger charge is 2.53. The summed E-state index contributed by atoms with van der Waals surface area (Å²) >= 11 is 0. The number of carboxylic acid groups (broad SMARTS) is 1. The van der Waals surface area contributed by atoms with Crippen LogP contribution in [-0.2, 0) is 16.8 Å². The topological polar surface area (TPSA) is 81.1 Å². The molecule has 4 bridgehead atoms. The molecule has 108 valence electrons. The smallest absolute Gasteiger partial charge is 0.325 e. The fraction of sp³-hybridized carbons (Fsp3) is 0.733. The Bertz CT molecular complexity index is 528. The Kier molecular flexibility index (Phi) is 2.44. The standard InChI is InChI=1S/C15H21N3O2/c16-13-4-12(18(17-13)8-14(19)20)15-5-9-1-10(6-15)3-11(2-9)7-15/h4,9-11H,1-3,5-8H2,(H2,16,17)(H,19,20). The zero-order valence-corrected chi connectivity index (χ0v) is 11.6. The first-order chi connectivity index (χ1) is 9.54. The number of nitrogens with zero attached hydrogens (tertiary/aromatic N) is 2. The fourth-order valence-corrected chi connectivity index (χ4v) is 5.54. The molecule has 0 aromatic carbocycles. The van der Waals surface area contributed by atoms with Crippen molar-refractivity contribution >= 4 is 11.8 Å². The number of anilines is 1. The number of aliphatic carboxylic acids is 1. The Balaban J connectivity index is 1.75. The van der Waals surface area contributed by atoms with E-state index in [1.54, 1.807) is 4.68 Å². The van der Waals surface area contributed by atoms with Gasteiger partial charge in [-0.3, -0.25) is 9.48 Å². The Morgan fingerprint density at radius 3 is 2.35 bits per heavy atom. The molecule has 1 aromatic heterocycles. The number of hydrogen-bond acceptors (Lipinski definition) is 3. The van der Waals surface area contributed by atoms with Gasteiger partial charge in [0.05, 0.1) is 0 Å². The van der Waals surface area contributed by atoms with Crippen LogP contribution in [0, 0.1) is 17.8 Å². The molecule has 0 unspecified atom stereocenters. The van der Waals surface area contributed by atoms with E-state index in [0.29, 0.717) is 5.82 Å². The highest BCUT2D eigenvalue weighted by atomic mass is 16.4. The second kappa shape index (κ2) is 3.99. The van der Waals surface area contributed by atoms with Gasteiger partial charge in [0.2, 0.25) is 0 Å². The van der Waals surface area contributed by atoms with E-state index in [4.69, 9.17) is 10.8 Å². The van der Waals surface area contributed by atoms with E-state index in [-0.39, 0.29) is 12.0 Å². The number of carbonyl (C=O) groups is 1. The van der Waals surface area contributed by atoms with Crippen LogP contribution in [-0.4, -0.2) is 20.9 Å². The SMILES string of the molecule is Nc1cc(C23CC4CC(CC(C4)C2)C3)n(CC(=O)O)n1. The van der Waals surface area contributed by atoms with Crippen LogP contribution >= 0.6 is 0 Å². The van der Waals surface area contributed by atoms with Crippen LogP contribution in [0.15, 0.2) is 6.07 Å². The van der Waals surface area contributed by atoms with Gasteiger partial charge in [-0.15, -0.1) is 0 Å². The third-order valence-electron chi connectivity index (χ3n) is 5.67. The van der Waals surface area contributed by atoms with Crippen molar-refractivity contribution in [2.45, 2.75) is 50.5 Å². The molecule has 5 nitrogen and oxygen atoms in total. The summed E-state index contributed by atoms with van der Waals surface area (Å²) < 4.78 is 1.64. The molecule has 1 aromatic rings. The van der Waals surface area contributed by atoms with Crippen molar-refractivity contribution in [2.75, 3.05) is 5.73 Å².